The van der Waals surface area contributed by atoms with E-state index in [1.165, 1.54) is 12.1 Å². The van der Waals surface area contributed by atoms with Gasteiger partial charge in [0.15, 0.2) is 0 Å². The molecule has 0 aromatic heterocycles. The summed E-state index contributed by atoms with van der Waals surface area (Å²) in [6, 6.07) is 4.03. The zero-order valence-corrected chi connectivity index (χ0v) is 11.5. The fraction of sp³-hybridized carbons (Fsp3) is 0.462. The molecule has 100 valence electrons. The number of nitrogens with one attached hydrogen (secondary N) is 1. The number of unbranched alkanes of at least 4 members (excludes halogenated alkanes) is 3. The number of hydrogen-bond donors (Lipinski definition) is 1. The zero-order valence-electron chi connectivity index (χ0n) is 10.0. The van der Waals surface area contributed by atoms with Crippen molar-refractivity contribution in [3.63, 3.8) is 0 Å². The Morgan fingerprint density at radius 2 is 1.94 bits per heavy atom. The van der Waals surface area contributed by atoms with E-state index in [2.05, 4.69) is 5.32 Å². The summed E-state index contributed by atoms with van der Waals surface area (Å²) >= 11 is 11.1. The lowest BCUT2D eigenvalue weighted by Crippen LogP contribution is -2.24. The molecule has 1 rings (SSSR count). The van der Waals surface area contributed by atoms with E-state index < -0.39 is 5.82 Å². The molecule has 0 bridgehead atoms. The van der Waals surface area contributed by atoms with Crippen LogP contribution in [0.4, 0.5) is 4.39 Å². The Balaban J connectivity index is 2.30. The van der Waals surface area contributed by atoms with Crippen molar-refractivity contribution in [3.8, 4) is 0 Å². The lowest BCUT2D eigenvalue weighted by atomic mass is 10.2. The molecule has 1 aromatic rings. The van der Waals surface area contributed by atoms with Crippen molar-refractivity contribution in [1.82, 2.24) is 5.32 Å². The molecule has 0 aliphatic heterocycles. The molecular weight excluding hydrogens is 276 g/mol. The van der Waals surface area contributed by atoms with Crippen LogP contribution in [0, 0.1) is 5.82 Å². The standard InChI is InChI=1S/C13H16Cl2FNO/c14-7-3-1-2-4-8-17-13(18)10-5-6-11(15)12(16)9-10/h5-6,9H,1-4,7-8H2,(H,17,18). The maximum absolute atomic E-state index is 13.1. The lowest BCUT2D eigenvalue weighted by Gasteiger charge is -2.05. The molecule has 0 radical (unpaired) electrons. The normalized spacial score (nSPS) is 10.4. The lowest BCUT2D eigenvalue weighted by molar-refractivity contribution is 0.0952. The monoisotopic (exact) mass is 291 g/mol. The van der Waals surface area contributed by atoms with Gasteiger partial charge in [-0.1, -0.05) is 24.4 Å². The first kappa shape index (κ1) is 15.3. The molecule has 5 heteroatoms. The van der Waals surface area contributed by atoms with E-state index in [1.54, 1.807) is 0 Å². The molecule has 0 heterocycles. The third kappa shape index (κ3) is 5.23. The van der Waals surface area contributed by atoms with Gasteiger partial charge in [0.25, 0.3) is 5.91 Å². The number of halogens is 3. The number of hydrogen-bond acceptors (Lipinski definition) is 1. The molecule has 1 amide bonds. The van der Waals surface area contributed by atoms with Crippen molar-refractivity contribution in [2.45, 2.75) is 25.7 Å². The van der Waals surface area contributed by atoms with Crippen LogP contribution >= 0.6 is 23.2 Å². The summed E-state index contributed by atoms with van der Waals surface area (Å²) in [7, 11) is 0. The highest BCUT2D eigenvalue weighted by Gasteiger charge is 2.07. The van der Waals surface area contributed by atoms with E-state index in [0.29, 0.717) is 12.4 Å². The molecule has 0 fully saturated rings. The molecule has 1 N–H and O–H groups in total. The fourth-order valence-corrected chi connectivity index (χ4v) is 1.82. The van der Waals surface area contributed by atoms with Gasteiger partial charge < -0.3 is 5.32 Å². The fourth-order valence-electron chi connectivity index (χ4n) is 1.51. The highest BCUT2D eigenvalue weighted by molar-refractivity contribution is 6.30. The highest BCUT2D eigenvalue weighted by Crippen LogP contribution is 2.15. The number of amides is 1. The van der Waals surface area contributed by atoms with E-state index >= 15 is 0 Å². The Kier molecular flexibility index (Phi) is 7.06. The number of carbonyl (C=O) groups excluding carboxylic acids is 1. The first-order valence-electron chi connectivity index (χ1n) is 5.94. The van der Waals surface area contributed by atoms with E-state index in [1.807, 2.05) is 0 Å². The van der Waals surface area contributed by atoms with Crippen LogP contribution < -0.4 is 5.32 Å². The van der Waals surface area contributed by atoms with E-state index in [0.717, 1.165) is 31.7 Å². The van der Waals surface area contributed by atoms with E-state index in [9.17, 15) is 9.18 Å². The minimum atomic E-state index is -0.577. The zero-order chi connectivity index (χ0) is 13.4. The number of benzene rings is 1. The van der Waals surface area contributed by atoms with Gasteiger partial charge in [-0.25, -0.2) is 4.39 Å². The molecule has 0 aliphatic carbocycles. The van der Waals surface area contributed by atoms with Crippen LogP contribution in [0.15, 0.2) is 18.2 Å². The summed E-state index contributed by atoms with van der Waals surface area (Å²) in [6.07, 6.45) is 3.99. The van der Waals surface area contributed by atoms with Gasteiger partial charge in [-0.05, 0) is 31.0 Å². The van der Waals surface area contributed by atoms with Crippen LogP contribution in [0.3, 0.4) is 0 Å². The second-order valence-electron chi connectivity index (χ2n) is 3.99. The SMILES string of the molecule is O=C(NCCCCCCCl)c1ccc(Cl)c(F)c1. The average molecular weight is 292 g/mol. The summed E-state index contributed by atoms with van der Waals surface area (Å²) < 4.78 is 13.1. The molecule has 0 saturated heterocycles. The first-order valence-corrected chi connectivity index (χ1v) is 6.85. The number of alkyl halides is 1. The van der Waals surface area contributed by atoms with Crippen molar-refractivity contribution in [2.24, 2.45) is 0 Å². The minimum Gasteiger partial charge on any atom is -0.352 e. The van der Waals surface area contributed by atoms with Crippen LogP contribution in [0.5, 0.6) is 0 Å². The van der Waals surface area contributed by atoms with Crippen molar-refractivity contribution in [2.75, 3.05) is 12.4 Å². The number of carbonyl (C=O) groups is 1. The van der Waals surface area contributed by atoms with Gasteiger partial charge in [0, 0.05) is 18.0 Å². The smallest absolute Gasteiger partial charge is 0.251 e. The highest BCUT2D eigenvalue weighted by atomic mass is 35.5. The molecule has 0 atom stereocenters. The van der Waals surface area contributed by atoms with Gasteiger partial charge in [0.1, 0.15) is 5.82 Å². The minimum absolute atomic E-state index is 0.0209. The van der Waals surface area contributed by atoms with Crippen LogP contribution in [0.1, 0.15) is 36.0 Å². The first-order chi connectivity index (χ1) is 8.65. The van der Waals surface area contributed by atoms with E-state index in [4.69, 9.17) is 23.2 Å². The third-order valence-corrected chi connectivity index (χ3v) is 3.10. The van der Waals surface area contributed by atoms with Crippen molar-refractivity contribution in [3.05, 3.63) is 34.6 Å². The molecule has 0 aliphatic rings. The second kappa shape index (κ2) is 8.33. The van der Waals surface area contributed by atoms with Crippen LogP contribution in [0.2, 0.25) is 5.02 Å². The van der Waals surface area contributed by atoms with Crippen molar-refractivity contribution in [1.29, 1.82) is 0 Å². The third-order valence-electron chi connectivity index (χ3n) is 2.53. The van der Waals surface area contributed by atoms with Crippen molar-refractivity contribution >= 4 is 29.1 Å². The topological polar surface area (TPSA) is 29.1 Å². The Morgan fingerprint density at radius 1 is 1.22 bits per heavy atom. The van der Waals surface area contributed by atoms with Gasteiger partial charge >= 0.3 is 0 Å². The molecule has 1 aromatic carbocycles. The van der Waals surface area contributed by atoms with E-state index in [-0.39, 0.29) is 16.5 Å². The molecule has 0 unspecified atom stereocenters. The van der Waals surface area contributed by atoms with Crippen LogP contribution in [-0.2, 0) is 0 Å². The van der Waals surface area contributed by atoms with Gasteiger partial charge in [-0.15, -0.1) is 11.6 Å². The summed E-state index contributed by atoms with van der Waals surface area (Å²) in [5.41, 5.74) is 0.289. The summed E-state index contributed by atoms with van der Waals surface area (Å²) in [5.74, 6) is -0.175. The quantitative estimate of drug-likeness (QED) is 0.597. The number of rotatable bonds is 7. The average Bonchev–Trinajstić information content (AvgIpc) is 2.36. The summed E-state index contributed by atoms with van der Waals surface area (Å²) in [5, 5.41) is 2.76. The Labute approximate surface area is 116 Å². The van der Waals surface area contributed by atoms with Crippen LogP contribution in [0.25, 0.3) is 0 Å². The predicted molar refractivity (Wildman–Crippen MR) is 72.9 cm³/mol. The molecule has 0 saturated carbocycles. The Bertz CT molecular complexity index is 399. The van der Waals surface area contributed by atoms with Gasteiger partial charge in [-0.3, -0.25) is 4.79 Å². The maximum atomic E-state index is 13.1. The molecule has 18 heavy (non-hydrogen) atoms. The Morgan fingerprint density at radius 3 is 2.61 bits per heavy atom. The molecular formula is C13H16Cl2FNO. The summed E-state index contributed by atoms with van der Waals surface area (Å²) in [4.78, 5) is 11.7. The van der Waals surface area contributed by atoms with Crippen LogP contribution in [-0.4, -0.2) is 18.3 Å². The predicted octanol–water partition coefficient (Wildman–Crippen LogP) is 4.01. The van der Waals surface area contributed by atoms with Crippen molar-refractivity contribution < 1.29 is 9.18 Å². The summed E-state index contributed by atoms with van der Waals surface area (Å²) in [6.45, 7) is 0.589. The van der Waals surface area contributed by atoms with Gasteiger partial charge in [-0.2, -0.15) is 0 Å². The second-order valence-corrected chi connectivity index (χ2v) is 4.77. The van der Waals surface area contributed by atoms with Gasteiger partial charge in [0.05, 0.1) is 5.02 Å². The maximum Gasteiger partial charge on any atom is 0.251 e. The Hall–Kier alpha value is -0.800. The largest absolute Gasteiger partial charge is 0.352 e. The molecule has 2 nitrogen and oxygen atoms in total. The molecule has 0 spiro atoms. The van der Waals surface area contributed by atoms with Gasteiger partial charge in [0.2, 0.25) is 0 Å².